The van der Waals surface area contributed by atoms with Crippen LogP contribution in [0.5, 0.6) is 0 Å². The van der Waals surface area contributed by atoms with Gasteiger partial charge in [0, 0.05) is 6.54 Å². The minimum Gasteiger partial charge on any atom is -0.444 e. The van der Waals surface area contributed by atoms with Gasteiger partial charge >= 0.3 is 6.09 Å². The minimum absolute atomic E-state index is 0.0358. The maximum atomic E-state index is 11.8. The van der Waals surface area contributed by atoms with Gasteiger partial charge in [-0.3, -0.25) is 0 Å². The summed E-state index contributed by atoms with van der Waals surface area (Å²) in [4.78, 5) is 11.8. The Morgan fingerprint density at radius 1 is 1.14 bits per heavy atom. The van der Waals surface area contributed by atoms with E-state index in [2.05, 4.69) is 12.2 Å². The van der Waals surface area contributed by atoms with Gasteiger partial charge in [-0.25, -0.2) is 4.79 Å². The maximum absolute atomic E-state index is 11.8. The van der Waals surface area contributed by atoms with Crippen LogP contribution in [0.15, 0.2) is 0 Å². The molecule has 0 heterocycles. The van der Waals surface area contributed by atoms with E-state index >= 15 is 0 Å². The van der Waals surface area contributed by atoms with E-state index in [0.29, 0.717) is 13.1 Å². The molecule has 1 rings (SSSR count). The number of hydrogen-bond acceptors (Lipinski definition) is 3. The van der Waals surface area contributed by atoms with Crippen LogP contribution < -0.4 is 11.1 Å². The highest BCUT2D eigenvalue weighted by molar-refractivity contribution is 5.67. The van der Waals surface area contributed by atoms with Crippen LogP contribution in [-0.2, 0) is 4.74 Å². The van der Waals surface area contributed by atoms with Gasteiger partial charge in [0.25, 0.3) is 0 Å². The largest absolute Gasteiger partial charge is 0.444 e. The zero-order valence-electron chi connectivity index (χ0n) is 14.3. The zero-order valence-corrected chi connectivity index (χ0v) is 14.3. The number of alkyl carbamates (subject to hydrolysis) is 1. The van der Waals surface area contributed by atoms with E-state index in [4.69, 9.17) is 10.5 Å². The lowest BCUT2D eigenvalue weighted by molar-refractivity contribution is 0.0497. The second kappa shape index (κ2) is 8.02. The molecule has 1 fully saturated rings. The molecule has 0 aliphatic heterocycles. The van der Waals surface area contributed by atoms with Crippen LogP contribution in [0.3, 0.4) is 0 Å². The molecule has 0 aromatic heterocycles. The van der Waals surface area contributed by atoms with E-state index < -0.39 is 5.60 Å². The van der Waals surface area contributed by atoms with Crippen molar-refractivity contribution in [2.45, 2.75) is 78.2 Å². The lowest BCUT2D eigenvalue weighted by Crippen LogP contribution is -2.43. The molecule has 1 unspecified atom stereocenters. The Hall–Kier alpha value is -0.770. The summed E-state index contributed by atoms with van der Waals surface area (Å²) in [6, 6.07) is 0. The Labute approximate surface area is 130 Å². The molecule has 1 aliphatic carbocycles. The molecule has 1 saturated carbocycles. The summed E-state index contributed by atoms with van der Waals surface area (Å²) < 4.78 is 5.30. The minimum atomic E-state index is -0.454. The summed E-state index contributed by atoms with van der Waals surface area (Å²) in [5.41, 5.74) is 5.49. The van der Waals surface area contributed by atoms with Crippen LogP contribution in [0.4, 0.5) is 4.79 Å². The van der Waals surface area contributed by atoms with Crippen LogP contribution in [0, 0.1) is 11.3 Å². The summed E-state index contributed by atoms with van der Waals surface area (Å²) in [6.07, 6.45) is 8.78. The smallest absolute Gasteiger partial charge is 0.407 e. The molecule has 0 spiro atoms. The van der Waals surface area contributed by atoms with E-state index in [1.54, 1.807) is 0 Å². The third-order valence-electron chi connectivity index (χ3n) is 4.31. The van der Waals surface area contributed by atoms with Crippen LogP contribution in [0.1, 0.15) is 72.6 Å². The van der Waals surface area contributed by atoms with Crippen LogP contribution in [0.25, 0.3) is 0 Å². The van der Waals surface area contributed by atoms with Crippen molar-refractivity contribution in [1.82, 2.24) is 5.32 Å². The second-order valence-electron chi connectivity index (χ2n) is 7.93. The van der Waals surface area contributed by atoms with Gasteiger partial charge < -0.3 is 15.8 Å². The van der Waals surface area contributed by atoms with Crippen molar-refractivity contribution in [3.05, 3.63) is 0 Å². The summed E-state index contributed by atoms with van der Waals surface area (Å²) in [6.45, 7) is 8.99. The first kappa shape index (κ1) is 18.3. The van der Waals surface area contributed by atoms with Gasteiger partial charge in [-0.15, -0.1) is 0 Å². The number of ether oxygens (including phenoxy) is 1. The molecule has 124 valence electrons. The van der Waals surface area contributed by atoms with Crippen LogP contribution in [0.2, 0.25) is 0 Å². The van der Waals surface area contributed by atoms with Gasteiger partial charge in [0.2, 0.25) is 0 Å². The number of carbonyl (C=O) groups excluding carboxylic acids is 1. The quantitative estimate of drug-likeness (QED) is 0.758. The lowest BCUT2D eigenvalue weighted by Gasteiger charge is -2.32. The van der Waals surface area contributed by atoms with E-state index in [0.717, 1.165) is 12.3 Å². The Morgan fingerprint density at radius 3 is 2.19 bits per heavy atom. The molecule has 1 amide bonds. The molecular formula is C17H34N2O2. The van der Waals surface area contributed by atoms with Crippen molar-refractivity contribution in [2.75, 3.05) is 13.1 Å². The normalized spacial score (nSPS) is 20.4. The van der Waals surface area contributed by atoms with Crippen LogP contribution >= 0.6 is 0 Å². The van der Waals surface area contributed by atoms with Crippen molar-refractivity contribution >= 4 is 6.09 Å². The molecule has 21 heavy (non-hydrogen) atoms. The Bertz CT molecular complexity index is 317. The van der Waals surface area contributed by atoms with E-state index in [1.165, 1.54) is 38.5 Å². The molecule has 0 aromatic carbocycles. The number of amides is 1. The Balaban J connectivity index is 2.45. The summed E-state index contributed by atoms with van der Waals surface area (Å²) in [5, 5.41) is 2.89. The highest BCUT2D eigenvalue weighted by Crippen LogP contribution is 2.33. The van der Waals surface area contributed by atoms with E-state index in [-0.39, 0.29) is 11.5 Å². The van der Waals surface area contributed by atoms with E-state index in [1.807, 2.05) is 20.8 Å². The summed E-state index contributed by atoms with van der Waals surface area (Å²) in [7, 11) is 0. The van der Waals surface area contributed by atoms with Crippen molar-refractivity contribution < 1.29 is 9.53 Å². The SMILES string of the molecule is CC(CN)(CNC(=O)OC(C)(C)C)CC1CCCCCC1. The molecule has 0 saturated heterocycles. The fraction of sp³-hybridized carbons (Fsp3) is 0.941. The Morgan fingerprint density at radius 2 is 1.71 bits per heavy atom. The molecule has 3 N–H and O–H groups in total. The fourth-order valence-corrected chi connectivity index (χ4v) is 3.09. The highest BCUT2D eigenvalue weighted by Gasteiger charge is 2.28. The predicted molar refractivity (Wildman–Crippen MR) is 87.2 cm³/mol. The topological polar surface area (TPSA) is 64.3 Å². The lowest BCUT2D eigenvalue weighted by atomic mass is 9.78. The van der Waals surface area contributed by atoms with E-state index in [9.17, 15) is 4.79 Å². The maximum Gasteiger partial charge on any atom is 0.407 e. The standard InChI is InChI=1S/C17H34N2O2/c1-16(2,3)21-15(20)19-13-17(4,12-18)11-14-9-7-5-6-8-10-14/h14H,5-13,18H2,1-4H3,(H,19,20). The number of nitrogens with one attached hydrogen (secondary N) is 1. The third-order valence-corrected chi connectivity index (χ3v) is 4.31. The van der Waals surface area contributed by atoms with Gasteiger partial charge in [-0.2, -0.15) is 0 Å². The molecule has 1 atom stereocenters. The number of carbonyl (C=O) groups is 1. The summed E-state index contributed by atoms with van der Waals surface area (Å²) in [5.74, 6) is 0.751. The fourth-order valence-electron chi connectivity index (χ4n) is 3.09. The molecule has 0 radical (unpaired) electrons. The molecule has 4 nitrogen and oxygen atoms in total. The van der Waals surface area contributed by atoms with Crippen molar-refractivity contribution in [1.29, 1.82) is 0 Å². The molecule has 4 heteroatoms. The summed E-state index contributed by atoms with van der Waals surface area (Å²) >= 11 is 0. The monoisotopic (exact) mass is 298 g/mol. The van der Waals surface area contributed by atoms with Crippen molar-refractivity contribution in [3.8, 4) is 0 Å². The van der Waals surface area contributed by atoms with Crippen molar-refractivity contribution in [2.24, 2.45) is 17.1 Å². The Kier molecular flexibility index (Phi) is 6.98. The first-order chi connectivity index (χ1) is 9.74. The van der Waals surface area contributed by atoms with Gasteiger partial charge in [-0.1, -0.05) is 45.4 Å². The van der Waals surface area contributed by atoms with Gasteiger partial charge in [0.1, 0.15) is 5.60 Å². The average molecular weight is 298 g/mol. The highest BCUT2D eigenvalue weighted by atomic mass is 16.6. The zero-order chi connectivity index (χ0) is 15.9. The molecule has 0 aromatic rings. The first-order valence-electron chi connectivity index (χ1n) is 8.41. The number of rotatable bonds is 5. The van der Waals surface area contributed by atoms with Crippen LogP contribution in [-0.4, -0.2) is 24.8 Å². The number of hydrogen-bond donors (Lipinski definition) is 2. The second-order valence-corrected chi connectivity index (χ2v) is 7.93. The third kappa shape index (κ3) is 7.70. The predicted octanol–water partition coefficient (Wildman–Crippen LogP) is 3.84. The average Bonchev–Trinajstić information content (AvgIpc) is 2.63. The molecular weight excluding hydrogens is 264 g/mol. The van der Waals surface area contributed by atoms with Gasteiger partial charge in [0.05, 0.1) is 0 Å². The number of nitrogens with two attached hydrogens (primary N) is 1. The first-order valence-corrected chi connectivity index (χ1v) is 8.41. The van der Waals surface area contributed by atoms with Gasteiger partial charge in [-0.05, 0) is 45.1 Å². The van der Waals surface area contributed by atoms with Gasteiger partial charge in [0.15, 0.2) is 0 Å². The molecule has 0 bridgehead atoms. The van der Waals surface area contributed by atoms with Crippen molar-refractivity contribution in [3.63, 3.8) is 0 Å². The molecule has 1 aliphatic rings.